The van der Waals surface area contributed by atoms with Crippen LogP contribution in [0.5, 0.6) is 0 Å². The fourth-order valence-corrected chi connectivity index (χ4v) is 2.94. The number of hydrogen-bond acceptors (Lipinski definition) is 2. The van der Waals surface area contributed by atoms with E-state index in [1.807, 2.05) is 4.90 Å². The third kappa shape index (κ3) is 1.92. The van der Waals surface area contributed by atoms with Crippen molar-refractivity contribution in [2.45, 2.75) is 52.0 Å². The molecule has 1 saturated heterocycles. The molecule has 2 rings (SSSR count). The third-order valence-corrected chi connectivity index (χ3v) is 3.88. The number of hydrogen-bond donors (Lipinski definition) is 0. The number of ketones is 1. The maximum atomic E-state index is 11.8. The summed E-state index contributed by atoms with van der Waals surface area (Å²) in [6.45, 7) is 5.11. The number of carbonyl (C=O) groups is 2. The van der Waals surface area contributed by atoms with Gasteiger partial charge in [0.1, 0.15) is 5.78 Å². The Kier molecular flexibility index (Phi) is 2.57. The zero-order valence-electron chi connectivity index (χ0n) is 9.58. The molecule has 2 aliphatic rings. The second-order valence-electron chi connectivity index (χ2n) is 5.45. The molecule has 2 fully saturated rings. The van der Waals surface area contributed by atoms with E-state index in [0.29, 0.717) is 19.0 Å². The van der Waals surface area contributed by atoms with Crippen LogP contribution in [0, 0.1) is 5.41 Å². The van der Waals surface area contributed by atoms with Crippen molar-refractivity contribution in [2.24, 2.45) is 5.41 Å². The van der Waals surface area contributed by atoms with Crippen molar-refractivity contribution in [1.29, 1.82) is 0 Å². The summed E-state index contributed by atoms with van der Waals surface area (Å²) >= 11 is 0. The molecule has 0 N–H and O–H groups in total. The van der Waals surface area contributed by atoms with Gasteiger partial charge in [0, 0.05) is 19.0 Å². The first-order valence-corrected chi connectivity index (χ1v) is 5.82. The Labute approximate surface area is 90.8 Å². The van der Waals surface area contributed by atoms with E-state index in [4.69, 9.17) is 0 Å². The van der Waals surface area contributed by atoms with Crippen LogP contribution in [0.4, 0.5) is 0 Å². The lowest BCUT2D eigenvalue weighted by molar-refractivity contribution is -0.143. The zero-order valence-corrected chi connectivity index (χ0v) is 9.58. The summed E-state index contributed by atoms with van der Waals surface area (Å²) in [6.07, 6.45) is 4.18. The van der Waals surface area contributed by atoms with Crippen molar-refractivity contribution in [1.82, 2.24) is 4.90 Å². The number of piperidine rings is 1. The minimum atomic E-state index is 0.0474. The molecule has 1 unspecified atom stereocenters. The summed E-state index contributed by atoms with van der Waals surface area (Å²) in [6, 6.07) is 0.359. The van der Waals surface area contributed by atoms with Crippen molar-refractivity contribution in [3.8, 4) is 0 Å². The maximum absolute atomic E-state index is 11.8. The number of likely N-dealkylation sites (tertiary alicyclic amines) is 1. The van der Waals surface area contributed by atoms with Crippen molar-refractivity contribution >= 4 is 11.7 Å². The minimum Gasteiger partial charge on any atom is -0.338 e. The molecule has 1 aliphatic heterocycles. The largest absolute Gasteiger partial charge is 0.338 e. The zero-order chi connectivity index (χ0) is 11.1. The average molecular weight is 209 g/mol. The van der Waals surface area contributed by atoms with Crippen molar-refractivity contribution in [2.75, 3.05) is 6.54 Å². The summed E-state index contributed by atoms with van der Waals surface area (Å²) in [5.74, 6) is 0.151. The molecule has 0 aromatic rings. The molecule has 1 heterocycles. The smallest absolute Gasteiger partial charge is 0.230 e. The highest BCUT2D eigenvalue weighted by atomic mass is 16.2. The van der Waals surface area contributed by atoms with Gasteiger partial charge in [-0.15, -0.1) is 0 Å². The van der Waals surface area contributed by atoms with E-state index in [1.54, 1.807) is 0 Å². The summed E-state index contributed by atoms with van der Waals surface area (Å²) < 4.78 is 0. The second kappa shape index (κ2) is 3.62. The molecule has 1 aliphatic carbocycles. The number of carbonyl (C=O) groups excluding carboxylic acids is 2. The lowest BCUT2D eigenvalue weighted by Crippen LogP contribution is -2.49. The van der Waals surface area contributed by atoms with Crippen LogP contribution in [0.3, 0.4) is 0 Å². The van der Waals surface area contributed by atoms with Crippen LogP contribution in [0.1, 0.15) is 46.0 Å². The van der Waals surface area contributed by atoms with Gasteiger partial charge in [0.25, 0.3) is 0 Å². The van der Waals surface area contributed by atoms with Gasteiger partial charge in [0.15, 0.2) is 0 Å². The molecule has 0 spiro atoms. The van der Waals surface area contributed by atoms with E-state index in [-0.39, 0.29) is 23.5 Å². The number of rotatable bonds is 1. The normalized spacial score (nSPS) is 31.1. The molecular weight excluding hydrogens is 190 g/mol. The summed E-state index contributed by atoms with van der Waals surface area (Å²) in [7, 11) is 0. The Balaban J connectivity index is 2.10. The van der Waals surface area contributed by atoms with E-state index in [2.05, 4.69) is 13.8 Å². The highest BCUT2D eigenvalue weighted by Gasteiger charge is 2.41. The van der Waals surface area contributed by atoms with Crippen LogP contribution in [-0.4, -0.2) is 29.2 Å². The van der Waals surface area contributed by atoms with E-state index < -0.39 is 0 Å². The quantitative estimate of drug-likeness (QED) is 0.617. The Bertz CT molecular complexity index is 296. The summed E-state index contributed by atoms with van der Waals surface area (Å²) in [5.41, 5.74) is 0.232. The van der Waals surface area contributed by atoms with Crippen LogP contribution in [0.15, 0.2) is 0 Å². The van der Waals surface area contributed by atoms with Gasteiger partial charge in [-0.05, 0) is 18.3 Å². The number of amides is 1. The molecule has 3 nitrogen and oxygen atoms in total. The van der Waals surface area contributed by atoms with Gasteiger partial charge in [-0.2, -0.15) is 0 Å². The predicted molar refractivity (Wildman–Crippen MR) is 57.4 cm³/mol. The SMILES string of the molecule is CC1(C)CCCC1N1CCC(=O)CC1=O. The van der Waals surface area contributed by atoms with Gasteiger partial charge in [0.05, 0.1) is 6.42 Å². The van der Waals surface area contributed by atoms with E-state index in [1.165, 1.54) is 12.8 Å². The summed E-state index contributed by atoms with van der Waals surface area (Å²) in [5, 5.41) is 0. The highest BCUT2D eigenvalue weighted by Crippen LogP contribution is 2.41. The Hall–Kier alpha value is -0.860. The van der Waals surface area contributed by atoms with Gasteiger partial charge in [-0.3, -0.25) is 9.59 Å². The molecule has 0 radical (unpaired) electrons. The highest BCUT2D eigenvalue weighted by molar-refractivity contribution is 6.00. The molecule has 1 atom stereocenters. The van der Waals surface area contributed by atoms with Crippen molar-refractivity contribution in [3.05, 3.63) is 0 Å². The third-order valence-electron chi connectivity index (χ3n) is 3.88. The van der Waals surface area contributed by atoms with Gasteiger partial charge in [-0.25, -0.2) is 0 Å². The molecule has 0 aromatic carbocycles. The van der Waals surface area contributed by atoms with Crippen molar-refractivity contribution in [3.63, 3.8) is 0 Å². The van der Waals surface area contributed by atoms with E-state index >= 15 is 0 Å². The molecule has 1 amide bonds. The Morgan fingerprint density at radius 3 is 2.60 bits per heavy atom. The standard InChI is InChI=1S/C12H19NO2/c1-12(2)6-3-4-10(12)13-7-5-9(14)8-11(13)15/h10H,3-8H2,1-2H3. The van der Waals surface area contributed by atoms with Crippen LogP contribution in [0.2, 0.25) is 0 Å². The predicted octanol–water partition coefficient (Wildman–Crippen LogP) is 1.76. The molecule has 0 aromatic heterocycles. The first kappa shape index (κ1) is 10.7. The fourth-order valence-electron chi connectivity index (χ4n) is 2.94. The molecule has 84 valence electrons. The maximum Gasteiger partial charge on any atom is 0.230 e. The van der Waals surface area contributed by atoms with Crippen LogP contribution in [-0.2, 0) is 9.59 Å². The molecular formula is C12H19NO2. The monoisotopic (exact) mass is 209 g/mol. The summed E-state index contributed by atoms with van der Waals surface area (Å²) in [4.78, 5) is 24.9. The van der Waals surface area contributed by atoms with Crippen LogP contribution < -0.4 is 0 Å². The lowest BCUT2D eigenvalue weighted by Gasteiger charge is -2.39. The lowest BCUT2D eigenvalue weighted by atomic mass is 9.85. The van der Waals surface area contributed by atoms with E-state index in [9.17, 15) is 9.59 Å². The first-order chi connectivity index (χ1) is 7.00. The topological polar surface area (TPSA) is 37.4 Å². The first-order valence-electron chi connectivity index (χ1n) is 5.82. The fraction of sp³-hybridized carbons (Fsp3) is 0.833. The van der Waals surface area contributed by atoms with Gasteiger partial charge in [-0.1, -0.05) is 20.3 Å². The molecule has 1 saturated carbocycles. The Morgan fingerprint density at radius 1 is 1.33 bits per heavy atom. The molecule has 3 heteroatoms. The minimum absolute atomic E-state index is 0.0474. The number of Topliss-reactive ketones (excluding diaryl/α,β-unsaturated/α-hetero) is 1. The Morgan fingerprint density at radius 2 is 2.07 bits per heavy atom. The van der Waals surface area contributed by atoms with Crippen LogP contribution in [0.25, 0.3) is 0 Å². The number of nitrogens with zero attached hydrogens (tertiary/aromatic N) is 1. The average Bonchev–Trinajstić information content (AvgIpc) is 2.46. The van der Waals surface area contributed by atoms with Crippen LogP contribution >= 0.6 is 0 Å². The molecule has 0 bridgehead atoms. The molecule has 15 heavy (non-hydrogen) atoms. The van der Waals surface area contributed by atoms with E-state index in [0.717, 1.165) is 6.42 Å². The van der Waals surface area contributed by atoms with Gasteiger partial charge < -0.3 is 4.90 Å². The van der Waals surface area contributed by atoms with Crippen molar-refractivity contribution < 1.29 is 9.59 Å². The second-order valence-corrected chi connectivity index (χ2v) is 5.45. The van der Waals surface area contributed by atoms with Gasteiger partial charge in [0.2, 0.25) is 5.91 Å². The van der Waals surface area contributed by atoms with Gasteiger partial charge >= 0.3 is 0 Å².